The molecular weight excluding hydrogens is 242 g/mol. The monoisotopic (exact) mass is 271 g/mol. The molecule has 3 unspecified atom stereocenters. The van der Waals surface area contributed by atoms with Crippen LogP contribution in [0.25, 0.3) is 0 Å². The quantitative estimate of drug-likeness (QED) is 0.798. The average Bonchev–Trinajstić information content (AvgIpc) is 2.40. The van der Waals surface area contributed by atoms with Crippen LogP contribution < -0.4 is 5.32 Å². The standard InChI is InChI=1S/C14H29NO2Si/c1-11(2)18(16-3,17-4)14-13-8-6-5-7-12(13)9-10-15-14/h11-15H,5-10H2,1-4H3. The van der Waals surface area contributed by atoms with Gasteiger partial charge in [0.25, 0.3) is 0 Å². The molecule has 1 saturated carbocycles. The lowest BCUT2D eigenvalue weighted by Gasteiger charge is -2.49. The summed E-state index contributed by atoms with van der Waals surface area (Å²) in [5.41, 5.74) is 0.970. The molecule has 3 nitrogen and oxygen atoms in total. The molecule has 1 saturated heterocycles. The lowest BCUT2D eigenvalue weighted by molar-refractivity contribution is 0.119. The first kappa shape index (κ1) is 14.5. The van der Waals surface area contributed by atoms with E-state index in [2.05, 4.69) is 19.2 Å². The van der Waals surface area contributed by atoms with Gasteiger partial charge in [-0.1, -0.05) is 33.1 Å². The van der Waals surface area contributed by atoms with Gasteiger partial charge in [0, 0.05) is 14.2 Å². The van der Waals surface area contributed by atoms with Gasteiger partial charge in [-0.05, 0) is 36.8 Å². The van der Waals surface area contributed by atoms with E-state index in [1.807, 2.05) is 14.2 Å². The third-order valence-corrected chi connectivity index (χ3v) is 9.54. The van der Waals surface area contributed by atoms with Crippen molar-refractivity contribution in [1.29, 1.82) is 0 Å². The molecule has 0 aromatic rings. The molecule has 2 fully saturated rings. The lowest BCUT2D eigenvalue weighted by atomic mass is 9.75. The molecule has 1 aliphatic carbocycles. The van der Waals surface area contributed by atoms with Gasteiger partial charge in [-0.15, -0.1) is 0 Å². The highest BCUT2D eigenvalue weighted by Crippen LogP contribution is 2.42. The van der Waals surface area contributed by atoms with Crippen molar-refractivity contribution in [3.63, 3.8) is 0 Å². The number of hydrogen-bond acceptors (Lipinski definition) is 3. The minimum atomic E-state index is -2.14. The van der Waals surface area contributed by atoms with Crippen LogP contribution in [0.15, 0.2) is 0 Å². The van der Waals surface area contributed by atoms with E-state index < -0.39 is 8.56 Å². The van der Waals surface area contributed by atoms with Crippen molar-refractivity contribution < 1.29 is 8.85 Å². The van der Waals surface area contributed by atoms with Gasteiger partial charge in [0.15, 0.2) is 0 Å². The summed E-state index contributed by atoms with van der Waals surface area (Å²) in [6.45, 7) is 5.65. The van der Waals surface area contributed by atoms with Crippen LogP contribution in [0.1, 0.15) is 46.0 Å². The summed E-state index contributed by atoms with van der Waals surface area (Å²) in [6, 6.07) is 0. The predicted octanol–water partition coefficient (Wildman–Crippen LogP) is 2.84. The smallest absolute Gasteiger partial charge is 0.358 e. The van der Waals surface area contributed by atoms with Crippen LogP contribution in [0.4, 0.5) is 0 Å². The zero-order valence-corrected chi connectivity index (χ0v) is 13.4. The molecule has 1 heterocycles. The van der Waals surface area contributed by atoms with Gasteiger partial charge in [0.05, 0.1) is 5.67 Å². The summed E-state index contributed by atoms with van der Waals surface area (Å²) in [6.07, 6.45) is 6.92. The number of piperidine rings is 1. The molecule has 3 atom stereocenters. The van der Waals surface area contributed by atoms with Gasteiger partial charge in [0.1, 0.15) is 0 Å². The highest BCUT2D eigenvalue weighted by Gasteiger charge is 2.53. The highest BCUT2D eigenvalue weighted by molar-refractivity contribution is 6.70. The van der Waals surface area contributed by atoms with Crippen LogP contribution in [0.5, 0.6) is 0 Å². The Kier molecular flexibility index (Phi) is 4.86. The first-order chi connectivity index (χ1) is 8.65. The maximum Gasteiger partial charge on any atom is 0.358 e. The molecule has 1 N–H and O–H groups in total. The molecular formula is C14H29NO2Si. The predicted molar refractivity (Wildman–Crippen MR) is 76.7 cm³/mol. The molecule has 2 aliphatic rings. The Morgan fingerprint density at radius 2 is 1.72 bits per heavy atom. The minimum Gasteiger partial charge on any atom is -0.397 e. The van der Waals surface area contributed by atoms with Gasteiger partial charge >= 0.3 is 8.56 Å². The summed E-state index contributed by atoms with van der Waals surface area (Å²) in [7, 11) is 1.56. The summed E-state index contributed by atoms with van der Waals surface area (Å²) in [4.78, 5) is 0. The lowest BCUT2D eigenvalue weighted by Crippen LogP contribution is -2.66. The maximum absolute atomic E-state index is 5.99. The Morgan fingerprint density at radius 1 is 1.06 bits per heavy atom. The summed E-state index contributed by atoms with van der Waals surface area (Å²) >= 11 is 0. The van der Waals surface area contributed by atoms with Crippen molar-refractivity contribution in [2.45, 2.75) is 57.2 Å². The van der Waals surface area contributed by atoms with Gasteiger partial charge < -0.3 is 14.2 Å². The van der Waals surface area contributed by atoms with Crippen LogP contribution in [0.3, 0.4) is 0 Å². The van der Waals surface area contributed by atoms with E-state index in [9.17, 15) is 0 Å². The number of nitrogens with one attached hydrogen (secondary N) is 1. The molecule has 0 bridgehead atoms. The van der Waals surface area contributed by atoms with Crippen LogP contribution in [-0.2, 0) is 8.85 Å². The molecule has 0 amide bonds. The van der Waals surface area contributed by atoms with E-state index in [0.29, 0.717) is 11.2 Å². The normalized spacial score (nSPS) is 33.5. The summed E-state index contributed by atoms with van der Waals surface area (Å²) in [5, 5.41) is 3.75. The Labute approximate surface area is 113 Å². The van der Waals surface area contributed by atoms with Gasteiger partial charge in [-0.3, -0.25) is 0 Å². The third-order valence-electron chi connectivity index (χ3n) is 5.15. The first-order valence-corrected chi connectivity index (χ1v) is 9.46. The zero-order valence-electron chi connectivity index (χ0n) is 12.4. The highest BCUT2D eigenvalue weighted by atomic mass is 28.4. The molecule has 18 heavy (non-hydrogen) atoms. The first-order valence-electron chi connectivity index (χ1n) is 7.49. The Bertz CT molecular complexity index is 267. The second-order valence-corrected chi connectivity index (χ2v) is 10.2. The Hall–Kier alpha value is 0.0969. The molecule has 4 heteroatoms. The second-order valence-electron chi connectivity index (χ2n) is 6.21. The van der Waals surface area contributed by atoms with E-state index >= 15 is 0 Å². The molecule has 0 radical (unpaired) electrons. The van der Waals surface area contributed by atoms with Crippen LogP contribution in [-0.4, -0.2) is 35.0 Å². The van der Waals surface area contributed by atoms with E-state index in [0.717, 1.165) is 18.4 Å². The van der Waals surface area contributed by atoms with E-state index in [1.165, 1.54) is 32.1 Å². The zero-order chi connectivity index (χ0) is 13.2. The number of rotatable bonds is 4. The largest absolute Gasteiger partial charge is 0.397 e. The van der Waals surface area contributed by atoms with Crippen LogP contribution in [0.2, 0.25) is 5.54 Å². The van der Waals surface area contributed by atoms with E-state index in [4.69, 9.17) is 8.85 Å². The third kappa shape index (κ3) is 2.40. The summed E-state index contributed by atoms with van der Waals surface area (Å²) in [5.74, 6) is 1.68. The van der Waals surface area contributed by atoms with Gasteiger partial charge in [-0.2, -0.15) is 0 Å². The maximum atomic E-state index is 5.99. The van der Waals surface area contributed by atoms with Crippen molar-refractivity contribution >= 4 is 8.56 Å². The fourth-order valence-electron chi connectivity index (χ4n) is 4.22. The molecule has 2 rings (SSSR count). The SMILES string of the molecule is CO[Si](OC)(C(C)C)C1NCCC2CCCCC21. The number of fused-ring (bicyclic) bond motifs is 1. The van der Waals surface area contributed by atoms with Crippen LogP contribution in [0, 0.1) is 11.8 Å². The molecule has 0 aromatic carbocycles. The second kappa shape index (κ2) is 6.03. The minimum absolute atomic E-state index is 0.478. The molecule has 106 valence electrons. The molecule has 0 spiro atoms. The van der Waals surface area contributed by atoms with Crippen molar-refractivity contribution in [3.8, 4) is 0 Å². The average molecular weight is 271 g/mol. The number of hydrogen-bond donors (Lipinski definition) is 1. The fraction of sp³-hybridized carbons (Fsp3) is 1.00. The van der Waals surface area contributed by atoms with Crippen molar-refractivity contribution in [1.82, 2.24) is 5.32 Å². The fourth-order valence-corrected chi connectivity index (χ4v) is 8.02. The summed E-state index contributed by atoms with van der Waals surface area (Å²) < 4.78 is 12.0. The van der Waals surface area contributed by atoms with Gasteiger partial charge in [-0.25, -0.2) is 0 Å². The molecule has 0 aromatic heterocycles. The van der Waals surface area contributed by atoms with E-state index in [-0.39, 0.29) is 0 Å². The van der Waals surface area contributed by atoms with Crippen molar-refractivity contribution in [2.75, 3.05) is 20.8 Å². The van der Waals surface area contributed by atoms with Crippen molar-refractivity contribution in [3.05, 3.63) is 0 Å². The Balaban J connectivity index is 2.22. The molecule has 1 aliphatic heterocycles. The topological polar surface area (TPSA) is 30.5 Å². The van der Waals surface area contributed by atoms with Crippen LogP contribution >= 0.6 is 0 Å². The van der Waals surface area contributed by atoms with E-state index in [1.54, 1.807) is 0 Å². The van der Waals surface area contributed by atoms with Gasteiger partial charge in [0.2, 0.25) is 0 Å². The van der Waals surface area contributed by atoms with Crippen molar-refractivity contribution in [2.24, 2.45) is 11.8 Å². The Morgan fingerprint density at radius 3 is 2.33 bits per heavy atom.